The number of nitrogens with one attached hydrogen (secondary N) is 1. The lowest BCUT2D eigenvalue weighted by atomic mass is 10.1. The summed E-state index contributed by atoms with van der Waals surface area (Å²) in [7, 11) is 0. The molecular formula is C16H16F3NO2. The van der Waals surface area contributed by atoms with Crippen molar-refractivity contribution >= 4 is 5.91 Å². The molecule has 0 saturated heterocycles. The number of amides is 1. The molecule has 0 unspecified atom stereocenters. The van der Waals surface area contributed by atoms with E-state index in [1.165, 1.54) is 24.3 Å². The summed E-state index contributed by atoms with van der Waals surface area (Å²) in [5.74, 6) is -0.0538. The van der Waals surface area contributed by atoms with Crippen LogP contribution in [0.25, 0.3) is 11.3 Å². The Bertz CT molecular complexity index is 647. The molecular weight excluding hydrogens is 295 g/mol. The molecule has 0 aliphatic carbocycles. The third-order valence-electron chi connectivity index (χ3n) is 3.12. The first-order chi connectivity index (χ1) is 10.4. The second-order valence-electron chi connectivity index (χ2n) is 4.85. The molecule has 0 atom stereocenters. The third kappa shape index (κ3) is 3.90. The minimum absolute atomic E-state index is 0.0866. The fourth-order valence-electron chi connectivity index (χ4n) is 1.93. The summed E-state index contributed by atoms with van der Waals surface area (Å²) >= 11 is 0. The standard InChI is InChI=1S/C16H16F3NO2/c1-2-3-9-20-15(21)14-8-7-13(22-14)11-5-4-6-12(10-11)16(17,18)19/h4-8,10H,2-3,9H2,1H3,(H,20,21). The fraction of sp³-hybridized carbons (Fsp3) is 0.312. The minimum atomic E-state index is -4.41. The predicted octanol–water partition coefficient (Wildman–Crippen LogP) is 4.50. The van der Waals surface area contributed by atoms with Gasteiger partial charge in [0.1, 0.15) is 5.76 Å². The first-order valence-corrected chi connectivity index (χ1v) is 6.97. The molecule has 0 aliphatic rings. The Kier molecular flexibility index (Phi) is 4.90. The first-order valence-electron chi connectivity index (χ1n) is 6.97. The van der Waals surface area contributed by atoms with Crippen LogP contribution in [-0.4, -0.2) is 12.5 Å². The van der Waals surface area contributed by atoms with Crippen molar-refractivity contribution in [2.75, 3.05) is 6.54 Å². The van der Waals surface area contributed by atoms with Crippen molar-refractivity contribution < 1.29 is 22.4 Å². The molecule has 0 radical (unpaired) electrons. The van der Waals surface area contributed by atoms with Gasteiger partial charge in [0.25, 0.3) is 5.91 Å². The largest absolute Gasteiger partial charge is 0.451 e. The van der Waals surface area contributed by atoms with Crippen molar-refractivity contribution in [2.24, 2.45) is 0 Å². The lowest BCUT2D eigenvalue weighted by molar-refractivity contribution is -0.137. The fourth-order valence-corrected chi connectivity index (χ4v) is 1.93. The number of carbonyl (C=O) groups excluding carboxylic acids is 1. The lowest BCUT2D eigenvalue weighted by Gasteiger charge is -2.07. The summed E-state index contributed by atoms with van der Waals surface area (Å²) in [6, 6.07) is 7.75. The van der Waals surface area contributed by atoms with Gasteiger partial charge in [0.15, 0.2) is 5.76 Å². The molecule has 0 bridgehead atoms. The Hall–Kier alpha value is -2.24. The van der Waals surface area contributed by atoms with Crippen LogP contribution >= 0.6 is 0 Å². The van der Waals surface area contributed by atoms with Crippen LogP contribution < -0.4 is 5.32 Å². The summed E-state index contributed by atoms with van der Waals surface area (Å²) in [5, 5.41) is 2.69. The molecule has 118 valence electrons. The maximum Gasteiger partial charge on any atom is 0.416 e. The number of carbonyl (C=O) groups is 1. The number of alkyl halides is 3. The highest BCUT2D eigenvalue weighted by Gasteiger charge is 2.30. The van der Waals surface area contributed by atoms with Crippen molar-refractivity contribution in [2.45, 2.75) is 25.9 Å². The van der Waals surface area contributed by atoms with E-state index in [-0.39, 0.29) is 23.0 Å². The van der Waals surface area contributed by atoms with Crippen LogP contribution in [0.2, 0.25) is 0 Å². The van der Waals surface area contributed by atoms with E-state index in [1.807, 2.05) is 6.92 Å². The van der Waals surface area contributed by atoms with Crippen LogP contribution in [0.5, 0.6) is 0 Å². The number of halogens is 3. The van der Waals surface area contributed by atoms with E-state index in [2.05, 4.69) is 5.32 Å². The minimum Gasteiger partial charge on any atom is -0.451 e. The number of hydrogen-bond donors (Lipinski definition) is 1. The first kappa shape index (κ1) is 16.1. The van der Waals surface area contributed by atoms with Gasteiger partial charge in [0, 0.05) is 12.1 Å². The van der Waals surface area contributed by atoms with Crippen molar-refractivity contribution in [3.8, 4) is 11.3 Å². The lowest BCUT2D eigenvalue weighted by Crippen LogP contribution is -2.23. The average molecular weight is 311 g/mol. The normalized spacial score (nSPS) is 11.5. The maximum absolute atomic E-state index is 12.7. The van der Waals surface area contributed by atoms with Crippen LogP contribution in [0.4, 0.5) is 13.2 Å². The molecule has 3 nitrogen and oxygen atoms in total. The van der Waals surface area contributed by atoms with Gasteiger partial charge in [0.2, 0.25) is 0 Å². The van der Waals surface area contributed by atoms with Gasteiger partial charge in [0.05, 0.1) is 5.56 Å². The Labute approximate surface area is 126 Å². The molecule has 0 aliphatic heterocycles. The molecule has 2 aromatic rings. The smallest absolute Gasteiger partial charge is 0.416 e. The van der Waals surface area contributed by atoms with Gasteiger partial charge in [-0.1, -0.05) is 25.5 Å². The number of rotatable bonds is 5. The second kappa shape index (κ2) is 6.68. The van der Waals surface area contributed by atoms with Gasteiger partial charge in [-0.05, 0) is 30.7 Å². The Morgan fingerprint density at radius 2 is 2.00 bits per heavy atom. The highest BCUT2D eigenvalue weighted by Crippen LogP contribution is 2.32. The Balaban J connectivity index is 2.16. The van der Waals surface area contributed by atoms with Gasteiger partial charge in [-0.2, -0.15) is 13.2 Å². The zero-order valence-corrected chi connectivity index (χ0v) is 12.0. The number of hydrogen-bond acceptors (Lipinski definition) is 2. The predicted molar refractivity (Wildman–Crippen MR) is 76.4 cm³/mol. The maximum atomic E-state index is 12.7. The van der Waals surface area contributed by atoms with Gasteiger partial charge in [-0.25, -0.2) is 0 Å². The van der Waals surface area contributed by atoms with Crippen molar-refractivity contribution in [3.63, 3.8) is 0 Å². The SMILES string of the molecule is CCCCNC(=O)c1ccc(-c2cccc(C(F)(F)F)c2)o1. The van der Waals surface area contributed by atoms with Gasteiger partial charge in [-0.3, -0.25) is 4.79 Å². The average Bonchev–Trinajstić information content (AvgIpc) is 2.96. The number of unbranched alkanes of at least 4 members (excludes halogenated alkanes) is 1. The topological polar surface area (TPSA) is 42.2 Å². The van der Waals surface area contributed by atoms with Crippen molar-refractivity contribution in [1.82, 2.24) is 5.32 Å². The summed E-state index contributed by atoms with van der Waals surface area (Å²) in [4.78, 5) is 11.8. The molecule has 6 heteroatoms. The van der Waals surface area contributed by atoms with E-state index < -0.39 is 11.7 Å². The molecule has 0 spiro atoms. The monoisotopic (exact) mass is 311 g/mol. The van der Waals surface area contributed by atoms with Crippen molar-refractivity contribution in [1.29, 1.82) is 0 Å². The van der Waals surface area contributed by atoms with Crippen LogP contribution in [0.3, 0.4) is 0 Å². The summed E-state index contributed by atoms with van der Waals surface area (Å²) in [6.45, 7) is 2.54. The molecule has 22 heavy (non-hydrogen) atoms. The molecule has 1 aromatic heterocycles. The van der Waals surface area contributed by atoms with E-state index >= 15 is 0 Å². The number of benzene rings is 1. The van der Waals surface area contributed by atoms with Crippen molar-refractivity contribution in [3.05, 3.63) is 47.7 Å². The zero-order chi connectivity index (χ0) is 16.2. The molecule has 0 fully saturated rings. The van der Waals surface area contributed by atoms with E-state index in [0.29, 0.717) is 6.54 Å². The summed E-state index contributed by atoms with van der Waals surface area (Å²) < 4.78 is 43.4. The van der Waals surface area contributed by atoms with E-state index in [1.54, 1.807) is 0 Å². The highest BCUT2D eigenvalue weighted by molar-refractivity contribution is 5.92. The summed E-state index contributed by atoms with van der Waals surface area (Å²) in [6.07, 6.45) is -2.61. The molecule has 1 heterocycles. The quantitative estimate of drug-likeness (QED) is 0.826. The van der Waals surface area contributed by atoms with E-state index in [0.717, 1.165) is 25.0 Å². The zero-order valence-electron chi connectivity index (χ0n) is 12.0. The Morgan fingerprint density at radius 1 is 1.23 bits per heavy atom. The number of furan rings is 1. The van der Waals surface area contributed by atoms with Gasteiger partial charge >= 0.3 is 6.18 Å². The van der Waals surface area contributed by atoms with E-state index in [9.17, 15) is 18.0 Å². The van der Waals surface area contributed by atoms with Crippen LogP contribution in [0, 0.1) is 0 Å². The molecule has 1 amide bonds. The Morgan fingerprint density at radius 3 is 2.68 bits per heavy atom. The molecule has 1 aromatic carbocycles. The highest BCUT2D eigenvalue weighted by atomic mass is 19.4. The van der Waals surface area contributed by atoms with Gasteiger partial charge < -0.3 is 9.73 Å². The van der Waals surface area contributed by atoms with Crippen LogP contribution in [0.1, 0.15) is 35.9 Å². The summed E-state index contributed by atoms with van der Waals surface area (Å²) in [5.41, 5.74) is -0.474. The van der Waals surface area contributed by atoms with Crippen LogP contribution in [0.15, 0.2) is 40.8 Å². The van der Waals surface area contributed by atoms with Gasteiger partial charge in [-0.15, -0.1) is 0 Å². The van der Waals surface area contributed by atoms with E-state index in [4.69, 9.17) is 4.42 Å². The molecule has 2 rings (SSSR count). The molecule has 1 N–H and O–H groups in total. The third-order valence-corrected chi connectivity index (χ3v) is 3.12. The van der Waals surface area contributed by atoms with Crippen LogP contribution in [-0.2, 0) is 6.18 Å². The second-order valence-corrected chi connectivity index (χ2v) is 4.85. The molecule has 0 saturated carbocycles.